The molecule has 0 amide bonds. The predicted molar refractivity (Wildman–Crippen MR) is 233 cm³/mol. The minimum atomic E-state index is -0.569. The minimum absolute atomic E-state index is 0. The number of carbonyl (C=O) groups excluding carboxylic acids is 1. The van der Waals surface area contributed by atoms with E-state index in [1.54, 1.807) is 6.07 Å². The van der Waals surface area contributed by atoms with E-state index in [9.17, 15) is 9.90 Å². The summed E-state index contributed by atoms with van der Waals surface area (Å²) >= 11 is 0. The molecule has 0 aliphatic rings. The smallest absolute Gasteiger partial charge is 0.684 e. The van der Waals surface area contributed by atoms with Crippen molar-refractivity contribution in [1.82, 2.24) is 0 Å². The van der Waals surface area contributed by atoms with Crippen LogP contribution in [-0.4, -0.2) is 24.2 Å². The van der Waals surface area contributed by atoms with Gasteiger partial charge in [0.25, 0.3) is 0 Å². The van der Waals surface area contributed by atoms with Gasteiger partial charge in [-0.2, -0.15) is 49.2 Å². The molecular weight excluding hydrogens is 782 g/mol. The van der Waals surface area contributed by atoms with Crippen molar-refractivity contribution in [3.63, 3.8) is 0 Å². The van der Waals surface area contributed by atoms with Crippen LogP contribution in [0, 0.1) is 27.7 Å². The van der Waals surface area contributed by atoms with Gasteiger partial charge in [-0.05, 0) is 67.5 Å². The van der Waals surface area contributed by atoms with Crippen molar-refractivity contribution in [3.05, 3.63) is 203 Å². The van der Waals surface area contributed by atoms with Crippen molar-refractivity contribution in [3.8, 4) is 22.6 Å². The van der Waals surface area contributed by atoms with Crippen LogP contribution in [0.3, 0.4) is 0 Å². The Hall–Kier alpha value is -5.19. The first-order valence-electron chi connectivity index (χ1n) is 19.3. The van der Waals surface area contributed by atoms with E-state index in [2.05, 4.69) is 59.7 Å². The van der Waals surface area contributed by atoms with E-state index in [0.717, 1.165) is 45.5 Å². The number of para-hydroxylation sites is 1. The second kappa shape index (κ2) is 23.8. The molecule has 0 fully saturated rings. The summed E-state index contributed by atoms with van der Waals surface area (Å²) < 4.78 is 11.8. The summed E-state index contributed by atoms with van der Waals surface area (Å²) in [5.74, 6) is 0.763. The number of hydrogen-bond acceptors (Lipinski definition) is 4. The zero-order chi connectivity index (χ0) is 40.5. The second-order valence-corrected chi connectivity index (χ2v) is 14.4. The summed E-state index contributed by atoms with van der Waals surface area (Å²) in [4.78, 5) is 13.0. The molecule has 0 atom stereocenters. The summed E-state index contributed by atoms with van der Waals surface area (Å²) in [5.41, 5.74) is 9.95. The number of aromatic hydroxyl groups is 1. The number of phenols is 1. The molecule has 1 radical (unpaired) electrons. The molecule has 0 aliphatic heterocycles. The number of esters is 1. The molecule has 0 aliphatic carbocycles. The van der Waals surface area contributed by atoms with E-state index >= 15 is 0 Å². The number of ether oxygens (including phenoxy) is 2. The Morgan fingerprint density at radius 3 is 1.70 bits per heavy atom. The molecule has 5 nitrogen and oxygen atoms in total. The molecule has 0 heterocycles. The summed E-state index contributed by atoms with van der Waals surface area (Å²) in [6, 6.07) is 45.1. The fourth-order valence-corrected chi connectivity index (χ4v) is 6.01. The average Bonchev–Trinajstić information content (AvgIpc) is 3.19. The standard InChI is InChI=1S/C37H42NO4.2C7H7.Zr/c1-24(2)29-14-10-15-30(25(3)4)35(29)38-18-11-19-41-34-17-16-26(5)20-31(34)32-21-27(6)22-33(36(32)39)37(40)42-23-28-12-8-7-9-13-28;2*1-7-5-3-2-4-6-7;/h7-10,12-17,20-22,24-25H,11,18-19,23H2,1-6H3,(H,39,40);2*2-6H,1H2;/q3*-1;+3. The predicted octanol–water partition coefficient (Wildman–Crippen LogP) is 13.5. The van der Waals surface area contributed by atoms with Crippen molar-refractivity contribution in [1.29, 1.82) is 0 Å². The van der Waals surface area contributed by atoms with Crippen LogP contribution in [0.15, 0.2) is 140 Å². The fourth-order valence-electron chi connectivity index (χ4n) is 6.01. The second-order valence-electron chi connectivity index (χ2n) is 14.4. The maximum absolute atomic E-state index is 13.0. The van der Waals surface area contributed by atoms with Gasteiger partial charge < -0.3 is 19.9 Å². The van der Waals surface area contributed by atoms with Crippen LogP contribution < -0.4 is 4.74 Å². The van der Waals surface area contributed by atoms with Crippen LogP contribution >= 0.6 is 0 Å². The van der Waals surface area contributed by atoms with E-state index in [1.807, 2.05) is 129 Å². The Labute approximate surface area is 360 Å². The number of hydrogen-bond donors (Lipinski definition) is 1. The van der Waals surface area contributed by atoms with Crippen LogP contribution in [0.25, 0.3) is 16.4 Å². The molecule has 0 saturated carbocycles. The molecule has 0 bridgehead atoms. The number of nitrogens with zero attached hydrogens (tertiary/aromatic N) is 1. The first kappa shape index (κ1) is 46.2. The van der Waals surface area contributed by atoms with E-state index in [1.165, 1.54) is 11.1 Å². The third kappa shape index (κ3) is 14.7. The average molecular weight is 838 g/mol. The zero-order valence-electron chi connectivity index (χ0n) is 34.3. The van der Waals surface area contributed by atoms with Crippen LogP contribution in [0.5, 0.6) is 11.5 Å². The number of benzene rings is 6. The SMILES string of the molecule is Cc1ccc(OCCC[N-]c2c(C(C)C)cccc2C(C)C)c(-c2cc(C)cc(C(=O)OCc3ccccc3)c2O)c1.[CH2-]c1ccccc1.[CH2-]c1ccccc1.[Zr+3]. The largest absolute Gasteiger partial charge is 3.00 e. The summed E-state index contributed by atoms with van der Waals surface area (Å²) in [6.45, 7) is 21.4. The Balaban J connectivity index is 0.000000484. The van der Waals surface area contributed by atoms with Gasteiger partial charge in [0, 0.05) is 11.1 Å². The van der Waals surface area contributed by atoms with Gasteiger partial charge in [0.05, 0.1) is 6.61 Å². The molecule has 57 heavy (non-hydrogen) atoms. The van der Waals surface area contributed by atoms with E-state index in [-0.39, 0.29) is 44.1 Å². The van der Waals surface area contributed by atoms with Crippen LogP contribution in [0.1, 0.15) is 95.3 Å². The normalized spacial score (nSPS) is 10.3. The van der Waals surface area contributed by atoms with Gasteiger partial charge in [-0.25, -0.2) is 4.79 Å². The molecule has 6 heteroatoms. The maximum atomic E-state index is 13.0. The van der Waals surface area contributed by atoms with E-state index in [4.69, 9.17) is 14.8 Å². The van der Waals surface area contributed by atoms with Gasteiger partial charge in [0.1, 0.15) is 23.7 Å². The van der Waals surface area contributed by atoms with Crippen LogP contribution in [0.4, 0.5) is 5.69 Å². The topological polar surface area (TPSA) is 69.9 Å². The fraction of sp³-hybridized carbons (Fsp3) is 0.235. The quantitative estimate of drug-likeness (QED) is 0.0757. The third-order valence-electron chi connectivity index (χ3n) is 8.97. The molecular formula is C51H56NO4Zr. The number of aryl methyl sites for hydroxylation is 2. The van der Waals surface area contributed by atoms with Crippen LogP contribution in [0.2, 0.25) is 0 Å². The summed E-state index contributed by atoms with van der Waals surface area (Å²) in [5, 5.41) is 16.3. The molecule has 0 spiro atoms. The molecule has 1 N–H and O–H groups in total. The molecule has 0 saturated heterocycles. The Morgan fingerprint density at radius 2 is 1.19 bits per heavy atom. The first-order valence-corrected chi connectivity index (χ1v) is 19.3. The molecule has 0 aromatic heterocycles. The number of phenolic OH excluding ortho intramolecular Hbond substituents is 1. The Morgan fingerprint density at radius 1 is 0.667 bits per heavy atom. The Kier molecular flexibility index (Phi) is 19.3. The Bertz CT molecular complexity index is 2030. The van der Waals surface area contributed by atoms with Gasteiger partial charge in [-0.15, -0.1) is 36.5 Å². The third-order valence-corrected chi connectivity index (χ3v) is 8.97. The van der Waals surface area contributed by atoms with E-state index < -0.39 is 5.97 Å². The summed E-state index contributed by atoms with van der Waals surface area (Å²) in [6.07, 6.45) is 0.744. The van der Waals surface area contributed by atoms with Crippen LogP contribution in [-0.2, 0) is 37.5 Å². The number of carbonyl (C=O) groups is 1. The van der Waals surface area contributed by atoms with Crippen molar-refractivity contribution in [2.45, 2.75) is 66.4 Å². The monoisotopic (exact) mass is 836 g/mol. The molecule has 6 aromatic carbocycles. The van der Waals surface area contributed by atoms with Gasteiger partial charge in [-0.1, -0.05) is 111 Å². The first-order chi connectivity index (χ1) is 26.9. The van der Waals surface area contributed by atoms with Crippen molar-refractivity contribution < 1.29 is 45.6 Å². The zero-order valence-corrected chi connectivity index (χ0v) is 36.8. The minimum Gasteiger partial charge on any atom is -0.684 e. The van der Waals surface area contributed by atoms with Gasteiger partial charge in [-0.3, -0.25) is 0 Å². The molecule has 0 unspecified atom stereocenters. The van der Waals surface area contributed by atoms with E-state index in [0.29, 0.717) is 36.3 Å². The number of rotatable bonds is 12. The van der Waals surface area contributed by atoms with Gasteiger partial charge in [0.15, 0.2) is 0 Å². The molecule has 6 rings (SSSR count). The molecule has 6 aromatic rings. The van der Waals surface area contributed by atoms with Crippen molar-refractivity contribution >= 4 is 11.7 Å². The van der Waals surface area contributed by atoms with Crippen molar-refractivity contribution in [2.24, 2.45) is 0 Å². The summed E-state index contributed by atoms with van der Waals surface area (Å²) in [7, 11) is 0. The van der Waals surface area contributed by atoms with Gasteiger partial charge >= 0.3 is 32.2 Å². The van der Waals surface area contributed by atoms with Gasteiger partial charge in [0.2, 0.25) is 0 Å². The maximum Gasteiger partial charge on any atom is 3.00 e. The van der Waals surface area contributed by atoms with Crippen molar-refractivity contribution in [2.75, 3.05) is 13.2 Å². The molecule has 293 valence electrons.